The molecule has 0 atom stereocenters. The van der Waals surface area contributed by atoms with Gasteiger partial charge in [0, 0.05) is 31.6 Å². The quantitative estimate of drug-likeness (QED) is 0.804. The largest absolute Gasteiger partial charge is 0.342 e. The number of sulfonamides is 1. The summed E-state index contributed by atoms with van der Waals surface area (Å²) in [7, 11) is -2.37. The van der Waals surface area contributed by atoms with Gasteiger partial charge in [-0.15, -0.1) is 0 Å². The minimum atomic E-state index is -3.93. The molecule has 27 heavy (non-hydrogen) atoms. The van der Waals surface area contributed by atoms with Crippen molar-refractivity contribution in [1.29, 1.82) is 0 Å². The number of aryl methyl sites for hydroxylation is 2. The van der Waals surface area contributed by atoms with Gasteiger partial charge in [0.15, 0.2) is 0 Å². The lowest BCUT2D eigenvalue weighted by Crippen LogP contribution is -2.34. The first-order chi connectivity index (χ1) is 12.8. The minimum absolute atomic E-state index is 0.150. The summed E-state index contributed by atoms with van der Waals surface area (Å²) in [6, 6.07) is 1.49. The third-order valence-electron chi connectivity index (χ3n) is 5.14. The highest BCUT2D eigenvalue weighted by Crippen LogP contribution is 2.38. The van der Waals surface area contributed by atoms with Gasteiger partial charge < -0.3 is 10.2 Å². The maximum Gasteiger partial charge on any atom is 0.333 e. The number of benzene rings is 1. The van der Waals surface area contributed by atoms with Crippen molar-refractivity contribution in [1.82, 2.24) is 9.62 Å². The van der Waals surface area contributed by atoms with Crippen LogP contribution in [0, 0.1) is 0 Å². The Morgan fingerprint density at radius 3 is 2.26 bits per heavy atom. The molecule has 0 radical (unpaired) electrons. The van der Waals surface area contributed by atoms with Gasteiger partial charge in [-0.25, -0.2) is 17.9 Å². The van der Waals surface area contributed by atoms with E-state index in [0.717, 1.165) is 60.7 Å². The van der Waals surface area contributed by atoms with Crippen LogP contribution in [0.4, 0.5) is 10.5 Å². The molecule has 0 fully saturated rings. The molecule has 2 N–H and O–H groups in total. The van der Waals surface area contributed by atoms with Gasteiger partial charge in [-0.3, -0.25) is 4.79 Å². The van der Waals surface area contributed by atoms with Gasteiger partial charge in [-0.05, 0) is 60.8 Å². The zero-order chi connectivity index (χ0) is 19.6. The van der Waals surface area contributed by atoms with Gasteiger partial charge in [0.25, 0.3) is 10.0 Å². The highest BCUT2D eigenvalue weighted by molar-refractivity contribution is 7.92. The first kappa shape index (κ1) is 19.4. The maximum atomic E-state index is 12.3. The van der Waals surface area contributed by atoms with Gasteiger partial charge >= 0.3 is 6.03 Å². The topological polar surface area (TPSA) is 95.6 Å². The van der Waals surface area contributed by atoms with Crippen LogP contribution in [0.25, 0.3) is 0 Å². The summed E-state index contributed by atoms with van der Waals surface area (Å²) < 4.78 is 26.2. The minimum Gasteiger partial charge on any atom is -0.342 e. The summed E-state index contributed by atoms with van der Waals surface area (Å²) in [5, 5.41) is 3.70. The van der Waals surface area contributed by atoms with Crippen LogP contribution < -0.4 is 10.0 Å². The van der Waals surface area contributed by atoms with E-state index in [0.29, 0.717) is 0 Å². The molecule has 3 rings (SSSR count). The van der Waals surface area contributed by atoms with Crippen molar-refractivity contribution >= 4 is 27.6 Å². The Balaban J connectivity index is 1.70. The molecule has 0 heterocycles. The predicted octanol–water partition coefficient (Wildman–Crippen LogP) is 2.11. The van der Waals surface area contributed by atoms with Crippen molar-refractivity contribution in [2.24, 2.45) is 0 Å². The Kier molecular flexibility index (Phi) is 5.55. The molecule has 3 amide bonds. The monoisotopic (exact) mass is 391 g/mol. The van der Waals surface area contributed by atoms with Crippen molar-refractivity contribution in [2.75, 3.05) is 18.9 Å². The second-order valence-corrected chi connectivity index (χ2v) is 8.67. The lowest BCUT2D eigenvalue weighted by Gasteiger charge is -2.16. The molecule has 1 aromatic rings. The maximum absolute atomic E-state index is 12.3. The zero-order valence-corrected chi connectivity index (χ0v) is 16.5. The molecule has 8 heteroatoms. The number of hydrogen-bond donors (Lipinski definition) is 2. The summed E-state index contributed by atoms with van der Waals surface area (Å²) in [6.07, 6.45) is 7.26. The van der Waals surface area contributed by atoms with Gasteiger partial charge in [0.1, 0.15) is 0 Å². The van der Waals surface area contributed by atoms with Crippen LogP contribution in [-0.2, 0) is 40.5 Å². The number of likely N-dealkylation sites (N-methyl/N-ethyl adjacent to an activating group) is 1. The fourth-order valence-corrected chi connectivity index (χ4v) is 4.44. The SMILES string of the molecule is CC(=O)N(C)C/C=C/S(=O)(=O)NC(=O)Nc1c2c(cc3c1CCC3)CCC2. The Morgan fingerprint density at radius 2 is 1.70 bits per heavy atom. The van der Waals surface area contributed by atoms with Crippen LogP contribution in [0.15, 0.2) is 17.6 Å². The predicted molar refractivity (Wildman–Crippen MR) is 104 cm³/mol. The number of carbonyl (C=O) groups excluding carboxylic acids is 2. The molecule has 2 aliphatic carbocycles. The second-order valence-electron chi connectivity index (χ2n) is 7.11. The standard InChI is InChI=1S/C19H25N3O4S/c1-13(23)22(2)10-5-11-27(25,26)21-19(24)20-18-16-8-3-6-14(16)12-15-7-4-9-17(15)18/h5,11-12H,3-4,6-10H2,1-2H3,(H2,20,21,24)/b11-5+. The number of fused-ring (bicyclic) bond motifs is 2. The van der Waals surface area contributed by atoms with Crippen molar-refractivity contribution in [3.8, 4) is 0 Å². The second kappa shape index (κ2) is 7.72. The summed E-state index contributed by atoms with van der Waals surface area (Å²) in [5.41, 5.74) is 5.61. The molecule has 0 aliphatic heterocycles. The smallest absolute Gasteiger partial charge is 0.333 e. The van der Waals surface area contributed by atoms with Crippen LogP contribution in [0.3, 0.4) is 0 Å². The number of nitrogens with one attached hydrogen (secondary N) is 2. The Labute approximate surface area is 159 Å². The van der Waals surface area contributed by atoms with Crippen molar-refractivity contribution in [2.45, 2.75) is 45.4 Å². The van der Waals surface area contributed by atoms with E-state index in [2.05, 4.69) is 11.4 Å². The van der Waals surface area contributed by atoms with Crippen LogP contribution in [0.2, 0.25) is 0 Å². The molecule has 0 unspecified atom stereocenters. The van der Waals surface area contributed by atoms with Gasteiger partial charge in [-0.2, -0.15) is 0 Å². The van der Waals surface area contributed by atoms with E-state index in [1.807, 2.05) is 4.72 Å². The highest BCUT2D eigenvalue weighted by Gasteiger charge is 2.25. The van der Waals surface area contributed by atoms with E-state index >= 15 is 0 Å². The van der Waals surface area contributed by atoms with Crippen molar-refractivity contribution < 1.29 is 18.0 Å². The van der Waals surface area contributed by atoms with Crippen LogP contribution in [0.1, 0.15) is 42.0 Å². The first-order valence-corrected chi connectivity index (χ1v) is 10.7. The van der Waals surface area contributed by atoms with Gasteiger partial charge in [0.05, 0.1) is 0 Å². The summed E-state index contributed by atoms with van der Waals surface area (Å²) in [6.45, 7) is 1.54. The van der Waals surface area contributed by atoms with E-state index in [4.69, 9.17) is 0 Å². The van der Waals surface area contributed by atoms with E-state index < -0.39 is 16.1 Å². The number of hydrogen-bond acceptors (Lipinski definition) is 4. The fraction of sp³-hybridized carbons (Fsp3) is 0.474. The summed E-state index contributed by atoms with van der Waals surface area (Å²) in [4.78, 5) is 24.8. The highest BCUT2D eigenvalue weighted by atomic mass is 32.2. The molecule has 7 nitrogen and oxygen atoms in total. The van der Waals surface area contributed by atoms with E-state index in [9.17, 15) is 18.0 Å². The molecule has 2 aliphatic rings. The fourth-order valence-electron chi connectivity index (χ4n) is 3.73. The lowest BCUT2D eigenvalue weighted by molar-refractivity contribution is -0.127. The van der Waals surface area contributed by atoms with Gasteiger partial charge in [0.2, 0.25) is 5.91 Å². The third-order valence-corrected chi connectivity index (χ3v) is 6.16. The van der Waals surface area contributed by atoms with E-state index in [1.165, 1.54) is 29.0 Å². The number of amides is 3. The molecule has 0 aromatic heterocycles. The number of nitrogens with zero attached hydrogens (tertiary/aromatic N) is 1. The lowest BCUT2D eigenvalue weighted by atomic mass is 9.99. The zero-order valence-electron chi connectivity index (χ0n) is 15.7. The van der Waals surface area contributed by atoms with Crippen LogP contribution in [-0.4, -0.2) is 38.8 Å². The number of anilines is 1. The van der Waals surface area contributed by atoms with Gasteiger partial charge in [-0.1, -0.05) is 12.1 Å². The molecular formula is C19H25N3O4S. The molecule has 0 saturated carbocycles. The molecule has 0 bridgehead atoms. The average molecular weight is 391 g/mol. The number of urea groups is 1. The third kappa shape index (κ3) is 4.50. The van der Waals surface area contributed by atoms with Crippen LogP contribution in [0.5, 0.6) is 0 Å². The molecule has 1 aromatic carbocycles. The van der Waals surface area contributed by atoms with Crippen molar-refractivity contribution in [3.63, 3.8) is 0 Å². The Morgan fingerprint density at radius 1 is 1.11 bits per heavy atom. The Hall–Kier alpha value is -2.35. The number of carbonyl (C=O) groups is 2. The molecule has 0 spiro atoms. The molecular weight excluding hydrogens is 366 g/mol. The first-order valence-electron chi connectivity index (χ1n) is 9.15. The summed E-state index contributed by atoms with van der Waals surface area (Å²) >= 11 is 0. The van der Waals surface area contributed by atoms with Crippen LogP contribution >= 0.6 is 0 Å². The van der Waals surface area contributed by atoms with E-state index in [1.54, 1.807) is 7.05 Å². The normalized spacial score (nSPS) is 15.5. The van der Waals surface area contributed by atoms with E-state index in [-0.39, 0.29) is 12.5 Å². The summed E-state index contributed by atoms with van der Waals surface area (Å²) in [5.74, 6) is -0.172. The molecule has 146 valence electrons. The Bertz CT molecular complexity index is 874. The van der Waals surface area contributed by atoms with Crippen molar-refractivity contribution in [3.05, 3.63) is 39.8 Å². The average Bonchev–Trinajstić information content (AvgIpc) is 3.22. The molecule has 0 saturated heterocycles. The number of rotatable bonds is 5.